The fourth-order valence-corrected chi connectivity index (χ4v) is 5.15. The summed E-state index contributed by atoms with van der Waals surface area (Å²) >= 11 is 0. The van der Waals surface area contributed by atoms with Gasteiger partial charge in [-0.25, -0.2) is 0 Å². The van der Waals surface area contributed by atoms with Crippen LogP contribution < -0.4 is 0 Å². The molecule has 0 amide bonds. The topological polar surface area (TPSA) is 18.5 Å². The zero-order chi connectivity index (χ0) is 11.2. The van der Waals surface area contributed by atoms with E-state index in [4.69, 9.17) is 8.85 Å². The van der Waals surface area contributed by atoms with Gasteiger partial charge in [-0.3, -0.25) is 0 Å². The minimum absolute atomic E-state index is 0.157. The van der Waals surface area contributed by atoms with Crippen molar-refractivity contribution < 1.29 is 8.85 Å². The summed E-state index contributed by atoms with van der Waals surface area (Å²) in [6.07, 6.45) is 3.75. The number of unbranched alkanes of at least 4 members (excludes halogenated alkanes) is 2. The lowest BCUT2D eigenvalue weighted by molar-refractivity contribution is 0.212. The van der Waals surface area contributed by atoms with Crippen molar-refractivity contribution in [2.75, 3.05) is 14.2 Å². The first-order valence-corrected chi connectivity index (χ1v) is 7.56. The molecule has 0 heterocycles. The smallest absolute Gasteiger partial charge is 0.343 e. The van der Waals surface area contributed by atoms with Crippen LogP contribution in [0.1, 0.15) is 47.0 Å². The van der Waals surface area contributed by atoms with Gasteiger partial charge < -0.3 is 8.85 Å². The fourth-order valence-electron chi connectivity index (χ4n) is 1.88. The third kappa shape index (κ3) is 3.37. The highest BCUT2D eigenvalue weighted by molar-refractivity contribution is 6.70. The van der Waals surface area contributed by atoms with Crippen molar-refractivity contribution >= 4 is 8.56 Å². The summed E-state index contributed by atoms with van der Waals surface area (Å²) in [7, 11) is 1.61. The first-order valence-electron chi connectivity index (χ1n) is 5.54. The van der Waals surface area contributed by atoms with Crippen molar-refractivity contribution in [3.05, 3.63) is 0 Å². The summed E-state index contributed by atoms with van der Waals surface area (Å²) < 4.78 is 11.4. The standard InChI is InChI=1S/C11H26O2Si/c1-7-8-9-10-14(12-5,13-6)11(2,3)4/h7-10H2,1-6H3. The zero-order valence-corrected chi connectivity index (χ0v) is 11.6. The van der Waals surface area contributed by atoms with Crippen molar-refractivity contribution in [1.29, 1.82) is 0 Å². The molecule has 0 bridgehead atoms. The van der Waals surface area contributed by atoms with E-state index in [1.54, 1.807) is 14.2 Å². The van der Waals surface area contributed by atoms with E-state index in [0.717, 1.165) is 6.04 Å². The first-order chi connectivity index (χ1) is 6.43. The molecule has 0 N–H and O–H groups in total. The zero-order valence-electron chi connectivity index (χ0n) is 10.6. The maximum Gasteiger partial charge on any atom is 0.343 e. The highest BCUT2D eigenvalue weighted by Gasteiger charge is 2.46. The summed E-state index contributed by atoms with van der Waals surface area (Å²) in [4.78, 5) is 0. The summed E-state index contributed by atoms with van der Waals surface area (Å²) in [6.45, 7) is 8.88. The van der Waals surface area contributed by atoms with Gasteiger partial charge in [-0.05, 0) is 6.04 Å². The van der Waals surface area contributed by atoms with E-state index in [1.165, 1.54) is 19.3 Å². The lowest BCUT2D eigenvalue weighted by atomic mass is 10.2. The van der Waals surface area contributed by atoms with E-state index in [9.17, 15) is 0 Å². The lowest BCUT2D eigenvalue weighted by Gasteiger charge is -2.38. The molecule has 0 saturated heterocycles. The molecule has 14 heavy (non-hydrogen) atoms. The van der Waals surface area contributed by atoms with Crippen LogP contribution in [-0.4, -0.2) is 22.8 Å². The predicted molar refractivity (Wildman–Crippen MR) is 63.8 cm³/mol. The Morgan fingerprint density at radius 2 is 1.50 bits per heavy atom. The van der Waals surface area contributed by atoms with Gasteiger partial charge in [-0.15, -0.1) is 0 Å². The first kappa shape index (κ1) is 14.1. The van der Waals surface area contributed by atoms with Crippen LogP contribution in [0.15, 0.2) is 0 Å². The van der Waals surface area contributed by atoms with E-state index in [1.807, 2.05) is 0 Å². The predicted octanol–water partition coefficient (Wildman–Crippen LogP) is 3.71. The van der Waals surface area contributed by atoms with Crippen LogP contribution >= 0.6 is 0 Å². The Kier molecular flexibility index (Phi) is 5.94. The molecular weight excluding hydrogens is 192 g/mol. The average Bonchev–Trinajstić information content (AvgIpc) is 2.11. The molecule has 0 aliphatic carbocycles. The SMILES string of the molecule is CCCCC[Si](OC)(OC)C(C)(C)C. The number of hydrogen-bond donors (Lipinski definition) is 0. The van der Waals surface area contributed by atoms with Crippen molar-refractivity contribution in [1.82, 2.24) is 0 Å². The van der Waals surface area contributed by atoms with Crippen LogP contribution in [0.5, 0.6) is 0 Å². The molecule has 0 fully saturated rings. The molecule has 0 aromatic carbocycles. The maximum atomic E-state index is 5.71. The minimum atomic E-state index is -1.98. The third-order valence-electron chi connectivity index (χ3n) is 2.91. The normalized spacial score (nSPS) is 13.3. The second-order valence-electron chi connectivity index (χ2n) is 4.87. The Balaban J connectivity index is 4.39. The van der Waals surface area contributed by atoms with Gasteiger partial charge in [0.05, 0.1) is 0 Å². The average molecular weight is 218 g/mol. The molecule has 0 radical (unpaired) electrons. The molecule has 0 aromatic heterocycles. The minimum Gasteiger partial charge on any atom is -0.397 e. The summed E-state index contributed by atoms with van der Waals surface area (Å²) in [5.74, 6) is 0. The van der Waals surface area contributed by atoms with Gasteiger partial charge in [0.25, 0.3) is 0 Å². The quantitative estimate of drug-likeness (QED) is 0.500. The largest absolute Gasteiger partial charge is 0.397 e. The maximum absolute atomic E-state index is 5.71. The van der Waals surface area contributed by atoms with Gasteiger partial charge in [0.1, 0.15) is 0 Å². The molecule has 0 atom stereocenters. The van der Waals surface area contributed by atoms with Gasteiger partial charge in [-0.1, -0.05) is 47.0 Å². The Bertz CT molecular complexity index is 148. The highest BCUT2D eigenvalue weighted by atomic mass is 28.4. The van der Waals surface area contributed by atoms with E-state index in [-0.39, 0.29) is 5.04 Å². The Labute approximate surface area is 90.2 Å². The van der Waals surface area contributed by atoms with Crippen LogP contribution in [0.25, 0.3) is 0 Å². The van der Waals surface area contributed by atoms with Crippen LogP contribution in [0, 0.1) is 0 Å². The van der Waals surface area contributed by atoms with E-state index >= 15 is 0 Å². The van der Waals surface area contributed by atoms with Crippen molar-refractivity contribution in [3.63, 3.8) is 0 Å². The second-order valence-corrected chi connectivity index (χ2v) is 9.19. The Morgan fingerprint density at radius 3 is 1.79 bits per heavy atom. The molecule has 0 unspecified atom stereocenters. The van der Waals surface area contributed by atoms with E-state index in [0.29, 0.717) is 0 Å². The molecule has 0 saturated carbocycles. The number of rotatable bonds is 6. The Morgan fingerprint density at radius 1 is 1.00 bits per heavy atom. The summed E-state index contributed by atoms with van der Waals surface area (Å²) in [5.41, 5.74) is 0. The molecule has 0 aromatic rings. The van der Waals surface area contributed by atoms with Gasteiger partial charge in [0.2, 0.25) is 0 Å². The second kappa shape index (κ2) is 5.88. The van der Waals surface area contributed by atoms with Crippen LogP contribution in [-0.2, 0) is 8.85 Å². The summed E-state index contributed by atoms with van der Waals surface area (Å²) in [5, 5.41) is 0.157. The third-order valence-corrected chi connectivity index (χ3v) is 7.53. The van der Waals surface area contributed by atoms with Crippen molar-refractivity contribution in [2.45, 2.75) is 58.0 Å². The lowest BCUT2D eigenvalue weighted by Crippen LogP contribution is -2.48. The van der Waals surface area contributed by atoms with Crippen LogP contribution in [0.4, 0.5) is 0 Å². The molecule has 0 rings (SSSR count). The monoisotopic (exact) mass is 218 g/mol. The van der Waals surface area contributed by atoms with E-state index in [2.05, 4.69) is 27.7 Å². The van der Waals surface area contributed by atoms with Crippen LogP contribution in [0.2, 0.25) is 11.1 Å². The van der Waals surface area contributed by atoms with Crippen molar-refractivity contribution in [2.24, 2.45) is 0 Å². The van der Waals surface area contributed by atoms with Gasteiger partial charge in [-0.2, -0.15) is 0 Å². The van der Waals surface area contributed by atoms with E-state index < -0.39 is 8.56 Å². The summed E-state index contributed by atoms with van der Waals surface area (Å²) in [6, 6.07) is 1.11. The molecular formula is C11H26O2Si. The van der Waals surface area contributed by atoms with Crippen LogP contribution in [0.3, 0.4) is 0 Å². The van der Waals surface area contributed by atoms with Gasteiger partial charge >= 0.3 is 8.56 Å². The molecule has 0 aliphatic heterocycles. The molecule has 86 valence electrons. The van der Waals surface area contributed by atoms with Gasteiger partial charge in [0, 0.05) is 19.3 Å². The molecule has 2 nitrogen and oxygen atoms in total. The number of hydrogen-bond acceptors (Lipinski definition) is 2. The fraction of sp³-hybridized carbons (Fsp3) is 1.00. The Hall–Kier alpha value is 0.137. The van der Waals surface area contributed by atoms with Crippen molar-refractivity contribution in [3.8, 4) is 0 Å². The van der Waals surface area contributed by atoms with Gasteiger partial charge in [0.15, 0.2) is 0 Å². The molecule has 0 aliphatic rings. The molecule has 3 heteroatoms. The molecule has 0 spiro atoms. The highest BCUT2D eigenvalue weighted by Crippen LogP contribution is 2.40.